The largest absolute Gasteiger partial charge is 0.296 e. The molecule has 0 amide bonds. The van der Waals surface area contributed by atoms with Crippen LogP contribution >= 0.6 is 0 Å². The van der Waals surface area contributed by atoms with Crippen LogP contribution in [-0.4, -0.2) is 28.8 Å². The van der Waals surface area contributed by atoms with Crippen LogP contribution in [0.2, 0.25) is 0 Å². The summed E-state index contributed by atoms with van der Waals surface area (Å²) in [5.74, 6) is 1.45. The Morgan fingerprint density at radius 1 is 0.518 bits per heavy atom. The summed E-state index contributed by atoms with van der Waals surface area (Å²) in [6.45, 7) is 8.42. The lowest BCUT2D eigenvalue weighted by Gasteiger charge is -2.29. The number of hydrogen-bond acceptors (Lipinski definition) is 4. The Morgan fingerprint density at radius 2 is 1.07 bits per heavy atom. The first-order valence-electron chi connectivity index (χ1n) is 18.7. The van der Waals surface area contributed by atoms with Gasteiger partial charge in [-0.15, -0.1) is 0 Å². The van der Waals surface area contributed by atoms with Crippen molar-refractivity contribution in [3.63, 3.8) is 0 Å². The highest BCUT2D eigenvalue weighted by Gasteiger charge is 2.32. The van der Waals surface area contributed by atoms with Crippen molar-refractivity contribution >= 4 is 69.2 Å². The molecule has 10 rings (SSSR count). The minimum absolute atomic E-state index is 0.399. The van der Waals surface area contributed by atoms with E-state index in [0.717, 1.165) is 73.6 Å². The standard InChI is InChI=1S/C42H29N5.C8H9N/c1-43-41(28-15-3-2-4-16-28)44-27-35-31-19-6-5-17-29(31)30-18-7-8-22-34(30)40(35)47-38-25-13-10-21-33(38)32-20-9-12-24-37(32)46-39-26-14-11-23-36(39)45-42(46)47;1-9-7-8-5-3-2-4-6-8/h2-26H,1,27H2;2-6H,1,7H2. The molecule has 0 spiro atoms. The highest BCUT2D eigenvalue weighted by atomic mass is 15.3. The predicted octanol–water partition coefficient (Wildman–Crippen LogP) is 12.3. The Labute approximate surface area is 326 Å². The fraction of sp³-hybridized carbons (Fsp3) is 0.0400. The average Bonchev–Trinajstić information content (AvgIpc) is 3.59. The maximum absolute atomic E-state index is 5.38. The first-order chi connectivity index (χ1) is 27.7. The van der Waals surface area contributed by atoms with Crippen LogP contribution in [0.15, 0.2) is 197 Å². The Hall–Kier alpha value is -7.44. The summed E-state index contributed by atoms with van der Waals surface area (Å²) in [5, 5.41) is 4.63. The molecule has 0 saturated carbocycles. The van der Waals surface area contributed by atoms with E-state index in [1.54, 1.807) is 0 Å². The van der Waals surface area contributed by atoms with Crippen molar-refractivity contribution in [2.75, 3.05) is 4.90 Å². The topological polar surface area (TPSA) is 58.1 Å². The van der Waals surface area contributed by atoms with Gasteiger partial charge in [-0.25, -0.2) is 9.98 Å². The van der Waals surface area contributed by atoms with Crippen LogP contribution < -0.4 is 4.90 Å². The zero-order valence-corrected chi connectivity index (χ0v) is 30.8. The zero-order valence-electron chi connectivity index (χ0n) is 30.8. The third-order valence-electron chi connectivity index (χ3n) is 10.3. The van der Waals surface area contributed by atoms with E-state index < -0.39 is 0 Å². The Balaban J connectivity index is 0.000000403. The van der Waals surface area contributed by atoms with Gasteiger partial charge in [0.25, 0.3) is 0 Å². The molecule has 1 aliphatic rings. The average molecular weight is 723 g/mol. The summed E-state index contributed by atoms with van der Waals surface area (Å²) in [5.41, 5.74) is 10.7. The van der Waals surface area contributed by atoms with Crippen molar-refractivity contribution in [2.45, 2.75) is 13.1 Å². The van der Waals surface area contributed by atoms with Gasteiger partial charge in [-0.3, -0.25) is 19.5 Å². The van der Waals surface area contributed by atoms with Crippen LogP contribution in [0.3, 0.4) is 0 Å². The predicted molar refractivity (Wildman–Crippen MR) is 236 cm³/mol. The molecule has 56 heavy (non-hydrogen) atoms. The second kappa shape index (κ2) is 15.1. The molecule has 0 radical (unpaired) electrons. The molecule has 6 heteroatoms. The van der Waals surface area contributed by atoms with E-state index in [1.807, 2.05) is 60.7 Å². The summed E-state index contributed by atoms with van der Waals surface area (Å²) >= 11 is 0. The number of para-hydroxylation sites is 4. The van der Waals surface area contributed by atoms with E-state index in [2.05, 4.69) is 154 Å². The molecule has 9 aromatic rings. The quantitative estimate of drug-likeness (QED) is 0.0974. The molecule has 2 heterocycles. The van der Waals surface area contributed by atoms with E-state index in [9.17, 15) is 0 Å². The fourth-order valence-electron chi connectivity index (χ4n) is 7.82. The zero-order chi connectivity index (χ0) is 37.8. The van der Waals surface area contributed by atoms with Crippen LogP contribution in [-0.2, 0) is 13.1 Å². The molecule has 1 aliphatic heterocycles. The maximum atomic E-state index is 5.38. The third kappa shape index (κ3) is 6.13. The Morgan fingerprint density at radius 3 is 1.79 bits per heavy atom. The van der Waals surface area contributed by atoms with E-state index in [4.69, 9.17) is 9.98 Å². The van der Waals surface area contributed by atoms with Gasteiger partial charge in [0.2, 0.25) is 5.95 Å². The highest BCUT2D eigenvalue weighted by Crippen LogP contribution is 2.51. The van der Waals surface area contributed by atoms with E-state index >= 15 is 0 Å². The number of anilines is 3. The van der Waals surface area contributed by atoms with Crippen molar-refractivity contribution in [1.29, 1.82) is 0 Å². The molecule has 8 aromatic carbocycles. The summed E-state index contributed by atoms with van der Waals surface area (Å²) in [4.78, 5) is 21.0. The molecule has 6 nitrogen and oxygen atoms in total. The maximum Gasteiger partial charge on any atom is 0.220 e. The molecular formula is C50H38N6. The number of aliphatic imine (C=N–C) groups is 3. The summed E-state index contributed by atoms with van der Waals surface area (Å²) < 4.78 is 2.31. The molecule has 0 atom stereocenters. The van der Waals surface area contributed by atoms with Crippen LogP contribution in [0.5, 0.6) is 0 Å². The third-order valence-corrected chi connectivity index (χ3v) is 10.3. The smallest absolute Gasteiger partial charge is 0.220 e. The number of imidazole rings is 1. The van der Waals surface area contributed by atoms with Crippen LogP contribution in [0.4, 0.5) is 17.3 Å². The molecule has 0 bridgehead atoms. The molecule has 268 valence electrons. The molecule has 1 aromatic heterocycles. The molecule has 0 aliphatic carbocycles. The number of benzene rings is 8. The summed E-state index contributed by atoms with van der Waals surface area (Å²) in [7, 11) is 0. The van der Waals surface area contributed by atoms with Gasteiger partial charge in [-0.2, -0.15) is 0 Å². The van der Waals surface area contributed by atoms with Crippen LogP contribution in [0.1, 0.15) is 16.7 Å². The fourth-order valence-corrected chi connectivity index (χ4v) is 7.82. The monoisotopic (exact) mass is 722 g/mol. The van der Waals surface area contributed by atoms with Gasteiger partial charge in [-0.1, -0.05) is 158 Å². The Bertz CT molecular complexity index is 2910. The second-order valence-electron chi connectivity index (χ2n) is 13.6. The molecule has 0 fully saturated rings. The molecular weight excluding hydrogens is 685 g/mol. The minimum atomic E-state index is 0.399. The SMILES string of the molecule is C=NC(=NCc1c(N2c3ccccc3-c3ccccc3-n3c2nc2ccccc23)c2ccccc2c2ccccc12)c1ccccc1.C=NCc1ccccc1. The van der Waals surface area contributed by atoms with Gasteiger partial charge in [0, 0.05) is 27.6 Å². The van der Waals surface area contributed by atoms with Gasteiger partial charge in [-0.05, 0) is 59.4 Å². The number of rotatable bonds is 6. The van der Waals surface area contributed by atoms with Crippen molar-refractivity contribution < 1.29 is 0 Å². The number of hydrogen-bond donors (Lipinski definition) is 0. The Kier molecular flexibility index (Phi) is 9.27. The molecule has 0 N–H and O–H groups in total. The number of amidine groups is 1. The number of aromatic nitrogens is 2. The van der Waals surface area contributed by atoms with Gasteiger partial charge in [0.15, 0.2) is 5.84 Å². The van der Waals surface area contributed by atoms with E-state index in [1.165, 1.54) is 16.3 Å². The first kappa shape index (κ1) is 34.3. The number of nitrogens with zero attached hydrogens (tertiary/aromatic N) is 6. The summed E-state index contributed by atoms with van der Waals surface area (Å²) in [6, 6.07) is 63.1. The lowest BCUT2D eigenvalue weighted by Crippen LogP contribution is -2.17. The van der Waals surface area contributed by atoms with E-state index in [0.29, 0.717) is 12.4 Å². The van der Waals surface area contributed by atoms with Gasteiger partial charge < -0.3 is 0 Å². The normalized spacial score (nSPS) is 11.9. The summed E-state index contributed by atoms with van der Waals surface area (Å²) in [6.07, 6.45) is 0. The van der Waals surface area contributed by atoms with E-state index in [-0.39, 0.29) is 0 Å². The van der Waals surface area contributed by atoms with Crippen molar-refractivity contribution in [3.8, 4) is 16.8 Å². The highest BCUT2D eigenvalue weighted by molar-refractivity contribution is 6.17. The van der Waals surface area contributed by atoms with Gasteiger partial charge >= 0.3 is 0 Å². The second-order valence-corrected chi connectivity index (χ2v) is 13.6. The van der Waals surface area contributed by atoms with Crippen molar-refractivity contribution in [2.24, 2.45) is 15.0 Å². The lowest BCUT2D eigenvalue weighted by atomic mass is 9.93. The van der Waals surface area contributed by atoms with Gasteiger partial charge in [0.05, 0.1) is 41.2 Å². The van der Waals surface area contributed by atoms with Crippen LogP contribution in [0, 0.1) is 0 Å². The first-order valence-corrected chi connectivity index (χ1v) is 18.7. The molecule has 0 unspecified atom stereocenters. The van der Waals surface area contributed by atoms with Crippen molar-refractivity contribution in [1.82, 2.24) is 9.55 Å². The minimum Gasteiger partial charge on any atom is -0.296 e. The van der Waals surface area contributed by atoms with Crippen molar-refractivity contribution in [3.05, 3.63) is 199 Å². The number of fused-ring (bicyclic) bond motifs is 10. The van der Waals surface area contributed by atoms with Crippen LogP contribution in [0.25, 0.3) is 49.4 Å². The molecule has 0 saturated heterocycles. The van der Waals surface area contributed by atoms with Gasteiger partial charge in [0.1, 0.15) is 0 Å². The lowest BCUT2D eigenvalue weighted by molar-refractivity contribution is 1.03.